The maximum Gasteiger partial charge on any atom is 0.229 e. The van der Waals surface area contributed by atoms with Crippen LogP contribution in [0.2, 0.25) is 0 Å². The van der Waals surface area contributed by atoms with Gasteiger partial charge >= 0.3 is 0 Å². The lowest BCUT2D eigenvalue weighted by Crippen LogP contribution is -2.60. The average molecular weight is 446 g/mol. The van der Waals surface area contributed by atoms with Crippen molar-refractivity contribution in [2.45, 2.75) is 30.7 Å². The summed E-state index contributed by atoms with van der Waals surface area (Å²) in [4.78, 5) is 12.9. The van der Waals surface area contributed by atoms with Gasteiger partial charge in [0.15, 0.2) is 0 Å². The van der Waals surface area contributed by atoms with Gasteiger partial charge in [0.1, 0.15) is 58.9 Å². The summed E-state index contributed by atoms with van der Waals surface area (Å²) in [6, 6.07) is 8.97. The number of aromatic hydroxyl groups is 1. The molecule has 0 amide bonds. The highest BCUT2D eigenvalue weighted by Gasteiger charge is 2.44. The Balaban J connectivity index is 1.59. The lowest BCUT2D eigenvalue weighted by molar-refractivity contribution is -0.277. The highest BCUT2D eigenvalue weighted by molar-refractivity contribution is 5.88. The Morgan fingerprint density at radius 3 is 2.38 bits per heavy atom. The van der Waals surface area contributed by atoms with Gasteiger partial charge in [0.2, 0.25) is 11.7 Å². The molecule has 4 rings (SSSR count). The van der Waals surface area contributed by atoms with E-state index < -0.39 is 42.7 Å². The van der Waals surface area contributed by atoms with Crippen LogP contribution in [0.5, 0.6) is 17.2 Å². The van der Waals surface area contributed by atoms with Crippen molar-refractivity contribution in [2.24, 2.45) is 0 Å². The van der Waals surface area contributed by atoms with Gasteiger partial charge in [-0.2, -0.15) is 0 Å². The van der Waals surface area contributed by atoms with Gasteiger partial charge in [-0.1, -0.05) is 12.1 Å². The third-order valence-electron chi connectivity index (χ3n) is 5.33. The number of phenolic OH excluding ortho intramolecular Hbond substituents is 1. The van der Waals surface area contributed by atoms with Crippen LogP contribution in [0, 0.1) is 0 Å². The minimum absolute atomic E-state index is 0.0185. The second-order valence-corrected chi connectivity index (χ2v) is 7.34. The molecule has 0 aliphatic carbocycles. The summed E-state index contributed by atoms with van der Waals surface area (Å²) in [6.45, 7) is -0.569. The maximum atomic E-state index is 12.9. The van der Waals surface area contributed by atoms with Gasteiger partial charge in [0.25, 0.3) is 0 Å². The van der Waals surface area contributed by atoms with Gasteiger partial charge in [-0.3, -0.25) is 4.79 Å². The normalized spacial score (nSPS) is 25.6. The lowest BCUT2D eigenvalue weighted by atomic mass is 9.99. The molecule has 3 aromatic rings. The molecule has 1 aliphatic rings. The molecule has 5 N–H and O–H groups in total. The van der Waals surface area contributed by atoms with E-state index in [4.69, 9.17) is 18.6 Å². The summed E-state index contributed by atoms with van der Waals surface area (Å²) < 4.78 is 21.4. The van der Waals surface area contributed by atoms with Crippen LogP contribution in [-0.4, -0.2) is 70.0 Å². The molecule has 170 valence electrons. The summed E-state index contributed by atoms with van der Waals surface area (Å²) in [6.07, 6.45) is -5.73. The van der Waals surface area contributed by atoms with Crippen LogP contribution >= 0.6 is 0 Å². The number of ether oxygens (including phenoxy) is 3. The molecular weight excluding hydrogens is 424 g/mol. The molecular formula is C22H22O10. The smallest absolute Gasteiger partial charge is 0.229 e. The van der Waals surface area contributed by atoms with Gasteiger partial charge in [-0.05, 0) is 17.7 Å². The van der Waals surface area contributed by atoms with Gasteiger partial charge in [-0.25, -0.2) is 0 Å². The van der Waals surface area contributed by atoms with Crippen molar-refractivity contribution >= 4 is 11.0 Å². The van der Waals surface area contributed by atoms with Crippen LogP contribution in [0.15, 0.2) is 51.9 Å². The van der Waals surface area contributed by atoms with E-state index in [1.807, 2.05) is 0 Å². The number of fused-ring (bicyclic) bond motifs is 1. The Labute approximate surface area is 181 Å². The highest BCUT2D eigenvalue weighted by atomic mass is 16.7. The van der Waals surface area contributed by atoms with Crippen LogP contribution in [0.1, 0.15) is 0 Å². The van der Waals surface area contributed by atoms with Crippen molar-refractivity contribution in [1.29, 1.82) is 0 Å². The Morgan fingerprint density at radius 1 is 1.00 bits per heavy atom. The van der Waals surface area contributed by atoms with Gasteiger partial charge < -0.3 is 44.2 Å². The standard InChI is InChI=1S/C22H22O10/c1-29-12-6-14(24)17-15(7-12)30-9-13(18(17)25)10-2-4-11(5-3-10)31-22-21(28)20(27)19(26)16(8-23)32-22/h2-7,9,16,19-24,26-28H,8H2,1H3/t16-,19-,20+,21-,22-/m0/s1. The van der Waals surface area contributed by atoms with Crippen molar-refractivity contribution in [3.8, 4) is 28.4 Å². The largest absolute Gasteiger partial charge is 0.507 e. The molecule has 1 fully saturated rings. The first-order chi connectivity index (χ1) is 15.3. The SMILES string of the molecule is COc1cc(O)c2c(=O)c(-c3ccc(O[C@H]4O[C@@H](CO)[C@H](O)[C@@H](O)[C@@H]4O)cc3)coc2c1. The van der Waals surface area contributed by atoms with Crippen LogP contribution in [0.4, 0.5) is 0 Å². The summed E-state index contributed by atoms with van der Waals surface area (Å²) in [5.41, 5.74) is 0.432. The van der Waals surface area contributed by atoms with Gasteiger partial charge in [0, 0.05) is 12.1 Å². The van der Waals surface area contributed by atoms with E-state index in [2.05, 4.69) is 0 Å². The molecule has 10 nitrogen and oxygen atoms in total. The Morgan fingerprint density at radius 2 is 1.72 bits per heavy atom. The van der Waals surface area contributed by atoms with Crippen LogP contribution < -0.4 is 14.9 Å². The van der Waals surface area contributed by atoms with E-state index in [0.717, 1.165) is 0 Å². The fourth-order valence-corrected chi connectivity index (χ4v) is 3.54. The molecule has 32 heavy (non-hydrogen) atoms. The number of aliphatic hydroxyl groups is 4. The lowest BCUT2D eigenvalue weighted by Gasteiger charge is -2.39. The molecule has 0 bridgehead atoms. The summed E-state index contributed by atoms with van der Waals surface area (Å²) in [5, 5.41) is 49.3. The number of rotatable bonds is 5. The number of phenols is 1. The number of methoxy groups -OCH3 is 1. The van der Waals surface area contributed by atoms with Crippen molar-refractivity contribution in [2.75, 3.05) is 13.7 Å². The Kier molecular flexibility index (Phi) is 6.04. The molecule has 0 spiro atoms. The third-order valence-corrected chi connectivity index (χ3v) is 5.33. The second-order valence-electron chi connectivity index (χ2n) is 7.34. The number of hydrogen-bond acceptors (Lipinski definition) is 10. The minimum atomic E-state index is -1.56. The molecule has 5 atom stereocenters. The van der Waals surface area contributed by atoms with Crippen LogP contribution in [-0.2, 0) is 4.74 Å². The molecule has 0 radical (unpaired) electrons. The summed E-state index contributed by atoms with van der Waals surface area (Å²) >= 11 is 0. The predicted molar refractivity (Wildman–Crippen MR) is 111 cm³/mol. The first-order valence-electron chi connectivity index (χ1n) is 9.74. The topological polar surface area (TPSA) is 159 Å². The zero-order valence-electron chi connectivity index (χ0n) is 16.9. The zero-order valence-corrected chi connectivity index (χ0v) is 16.9. The molecule has 0 saturated carbocycles. The second kappa shape index (κ2) is 8.77. The van der Waals surface area contributed by atoms with Crippen molar-refractivity contribution < 1.29 is 44.2 Å². The molecule has 0 unspecified atom stereocenters. The Bertz CT molecular complexity index is 1150. The van der Waals surface area contributed by atoms with E-state index in [9.17, 15) is 30.3 Å². The molecule has 1 aliphatic heterocycles. The van der Waals surface area contributed by atoms with Crippen LogP contribution in [0.25, 0.3) is 22.1 Å². The fraction of sp³-hybridized carbons (Fsp3) is 0.318. The minimum Gasteiger partial charge on any atom is -0.507 e. The summed E-state index contributed by atoms with van der Waals surface area (Å²) in [7, 11) is 1.43. The van der Waals surface area contributed by atoms with Crippen molar-refractivity contribution in [3.05, 3.63) is 52.9 Å². The first kappa shape index (κ1) is 22.1. The molecule has 1 aromatic heterocycles. The number of hydrogen-bond donors (Lipinski definition) is 5. The van der Waals surface area contributed by atoms with E-state index in [0.29, 0.717) is 11.3 Å². The van der Waals surface area contributed by atoms with E-state index in [1.54, 1.807) is 12.1 Å². The zero-order chi connectivity index (χ0) is 23.0. The van der Waals surface area contributed by atoms with Crippen LogP contribution in [0.3, 0.4) is 0 Å². The monoisotopic (exact) mass is 446 g/mol. The fourth-order valence-electron chi connectivity index (χ4n) is 3.54. The predicted octanol–water partition coefficient (Wildman–Crippen LogP) is 0.353. The molecule has 2 heterocycles. The number of benzene rings is 2. The average Bonchev–Trinajstić information content (AvgIpc) is 2.80. The van der Waals surface area contributed by atoms with Crippen molar-refractivity contribution in [3.63, 3.8) is 0 Å². The van der Waals surface area contributed by atoms with E-state index in [-0.39, 0.29) is 28.0 Å². The molecule has 2 aromatic carbocycles. The first-order valence-corrected chi connectivity index (χ1v) is 9.74. The molecule has 1 saturated heterocycles. The van der Waals surface area contributed by atoms with E-state index >= 15 is 0 Å². The highest BCUT2D eigenvalue weighted by Crippen LogP contribution is 2.31. The van der Waals surface area contributed by atoms with Gasteiger partial charge in [0.05, 0.1) is 19.3 Å². The summed E-state index contributed by atoms with van der Waals surface area (Å²) in [5.74, 6) is 0.328. The number of aliphatic hydroxyl groups excluding tert-OH is 4. The Hall–Kier alpha value is -3.15. The third kappa shape index (κ3) is 3.90. The van der Waals surface area contributed by atoms with Gasteiger partial charge in [-0.15, -0.1) is 0 Å². The molecule has 10 heteroatoms. The van der Waals surface area contributed by atoms with E-state index in [1.165, 1.54) is 37.6 Å². The quantitative estimate of drug-likeness (QED) is 0.370. The maximum absolute atomic E-state index is 12.9. The van der Waals surface area contributed by atoms with Crippen molar-refractivity contribution in [1.82, 2.24) is 0 Å².